The van der Waals surface area contributed by atoms with Gasteiger partial charge in [-0.1, -0.05) is 52.4 Å². The maximum absolute atomic E-state index is 7.38. The fourth-order valence-electron chi connectivity index (χ4n) is 1.75. The van der Waals surface area contributed by atoms with E-state index in [4.69, 9.17) is 11.1 Å². The van der Waals surface area contributed by atoms with Gasteiger partial charge in [0.25, 0.3) is 0 Å². The largest absolute Gasteiger partial charge is 0.387 e. The van der Waals surface area contributed by atoms with Crippen LogP contribution in [-0.4, -0.2) is 5.84 Å². The molecule has 0 amide bonds. The van der Waals surface area contributed by atoms with E-state index in [2.05, 4.69) is 13.8 Å². The number of nitrogens with two attached hydrogens (primary N) is 1. The molecule has 0 saturated carbocycles. The van der Waals surface area contributed by atoms with E-state index in [1.807, 2.05) is 0 Å². The van der Waals surface area contributed by atoms with Gasteiger partial charge in [0.1, 0.15) is 0 Å². The summed E-state index contributed by atoms with van der Waals surface area (Å²) < 4.78 is 0. The molecule has 0 heterocycles. The second-order valence-corrected chi connectivity index (χ2v) is 4.12. The van der Waals surface area contributed by atoms with Crippen molar-refractivity contribution in [2.75, 3.05) is 0 Å². The van der Waals surface area contributed by atoms with E-state index < -0.39 is 0 Å². The van der Waals surface area contributed by atoms with Crippen LogP contribution in [0.4, 0.5) is 0 Å². The van der Waals surface area contributed by atoms with Gasteiger partial charge in [0.15, 0.2) is 0 Å². The summed E-state index contributed by atoms with van der Waals surface area (Å²) in [6, 6.07) is 0. The first-order valence-electron chi connectivity index (χ1n) is 6.06. The van der Waals surface area contributed by atoms with Crippen LogP contribution in [0.5, 0.6) is 0 Å². The second-order valence-electron chi connectivity index (χ2n) is 4.12. The van der Waals surface area contributed by atoms with Crippen LogP contribution in [0, 0.1) is 11.3 Å². The lowest BCUT2D eigenvalue weighted by Gasteiger charge is -2.12. The van der Waals surface area contributed by atoms with Gasteiger partial charge in [-0.25, -0.2) is 0 Å². The Morgan fingerprint density at radius 3 is 2.14 bits per heavy atom. The Labute approximate surface area is 88.8 Å². The predicted octanol–water partition coefficient (Wildman–Crippen LogP) is 3.70. The third-order valence-electron chi connectivity index (χ3n) is 2.84. The number of nitrogens with one attached hydrogen (secondary N) is 1. The van der Waals surface area contributed by atoms with Gasteiger partial charge < -0.3 is 5.73 Å². The molecule has 14 heavy (non-hydrogen) atoms. The normalized spacial score (nSPS) is 12.7. The molecule has 0 aliphatic carbocycles. The Bertz CT molecular complexity index is 143. The lowest BCUT2D eigenvalue weighted by Crippen LogP contribution is -2.21. The van der Waals surface area contributed by atoms with E-state index >= 15 is 0 Å². The zero-order chi connectivity index (χ0) is 10.8. The fraction of sp³-hybridized carbons (Fsp3) is 0.917. The van der Waals surface area contributed by atoms with Crippen molar-refractivity contribution < 1.29 is 0 Å². The Kier molecular flexibility index (Phi) is 8.70. The van der Waals surface area contributed by atoms with Crippen molar-refractivity contribution in [1.82, 2.24) is 0 Å². The molecule has 84 valence electrons. The van der Waals surface area contributed by atoms with Gasteiger partial charge in [-0.3, -0.25) is 5.41 Å². The summed E-state index contributed by atoms with van der Waals surface area (Å²) in [7, 11) is 0. The van der Waals surface area contributed by atoms with E-state index in [-0.39, 0.29) is 0 Å². The third kappa shape index (κ3) is 6.93. The minimum absolute atomic E-state index is 0.334. The maximum atomic E-state index is 7.38. The van der Waals surface area contributed by atoms with Crippen LogP contribution in [0.2, 0.25) is 0 Å². The highest BCUT2D eigenvalue weighted by Crippen LogP contribution is 2.14. The number of unbranched alkanes of at least 4 members (excludes halogenated alkanes) is 5. The van der Waals surface area contributed by atoms with E-state index in [1.165, 1.54) is 38.5 Å². The number of hydrogen-bond acceptors (Lipinski definition) is 1. The molecule has 0 radical (unpaired) electrons. The van der Waals surface area contributed by atoms with Gasteiger partial charge >= 0.3 is 0 Å². The van der Waals surface area contributed by atoms with Crippen molar-refractivity contribution >= 4 is 5.84 Å². The highest BCUT2D eigenvalue weighted by Gasteiger charge is 2.08. The first kappa shape index (κ1) is 13.5. The SMILES string of the molecule is CCCCCCCCC(CC)C(=N)N. The summed E-state index contributed by atoms with van der Waals surface area (Å²) >= 11 is 0. The van der Waals surface area contributed by atoms with Gasteiger partial charge in [-0.05, 0) is 12.8 Å². The molecular formula is C12H26N2. The lowest BCUT2D eigenvalue weighted by atomic mass is 9.97. The van der Waals surface area contributed by atoms with Gasteiger partial charge in [-0.2, -0.15) is 0 Å². The molecule has 0 rings (SSSR count). The average molecular weight is 198 g/mol. The smallest absolute Gasteiger partial charge is 0.0936 e. The molecular weight excluding hydrogens is 172 g/mol. The first-order chi connectivity index (χ1) is 6.72. The molecule has 2 nitrogen and oxygen atoms in total. The molecule has 0 bridgehead atoms. The molecule has 0 spiro atoms. The summed E-state index contributed by atoms with van der Waals surface area (Å²) in [6.45, 7) is 4.35. The predicted molar refractivity (Wildman–Crippen MR) is 63.7 cm³/mol. The number of rotatable bonds is 9. The van der Waals surface area contributed by atoms with Gasteiger partial charge in [-0.15, -0.1) is 0 Å². The Morgan fingerprint density at radius 2 is 1.64 bits per heavy atom. The molecule has 0 fully saturated rings. The maximum Gasteiger partial charge on any atom is 0.0936 e. The Balaban J connectivity index is 3.29. The molecule has 2 heteroatoms. The van der Waals surface area contributed by atoms with Gasteiger partial charge in [0.05, 0.1) is 5.84 Å². The molecule has 1 unspecified atom stereocenters. The van der Waals surface area contributed by atoms with Crippen molar-refractivity contribution in [1.29, 1.82) is 5.41 Å². The van der Waals surface area contributed by atoms with E-state index in [0.717, 1.165) is 12.8 Å². The quantitative estimate of drug-likeness (QED) is 0.331. The van der Waals surface area contributed by atoms with Crippen LogP contribution in [0.15, 0.2) is 0 Å². The van der Waals surface area contributed by atoms with Crippen molar-refractivity contribution in [3.8, 4) is 0 Å². The molecule has 0 saturated heterocycles. The number of hydrogen-bond donors (Lipinski definition) is 2. The van der Waals surface area contributed by atoms with Crippen molar-refractivity contribution in [3.05, 3.63) is 0 Å². The average Bonchev–Trinajstić information content (AvgIpc) is 2.16. The zero-order valence-electron chi connectivity index (χ0n) is 9.81. The van der Waals surface area contributed by atoms with Crippen molar-refractivity contribution in [3.63, 3.8) is 0 Å². The number of amidine groups is 1. The van der Waals surface area contributed by atoms with Crippen LogP contribution in [0.3, 0.4) is 0 Å². The first-order valence-corrected chi connectivity index (χ1v) is 6.06. The van der Waals surface area contributed by atoms with Crippen LogP contribution >= 0.6 is 0 Å². The molecule has 3 N–H and O–H groups in total. The lowest BCUT2D eigenvalue weighted by molar-refractivity contribution is 0.524. The fourth-order valence-corrected chi connectivity index (χ4v) is 1.75. The van der Waals surface area contributed by atoms with E-state index in [9.17, 15) is 0 Å². The molecule has 0 aliphatic rings. The molecule has 1 atom stereocenters. The van der Waals surface area contributed by atoms with Crippen molar-refractivity contribution in [2.45, 2.75) is 65.2 Å². The zero-order valence-corrected chi connectivity index (χ0v) is 9.81. The topological polar surface area (TPSA) is 49.9 Å². The van der Waals surface area contributed by atoms with Crippen LogP contribution in [-0.2, 0) is 0 Å². The summed E-state index contributed by atoms with van der Waals surface area (Å²) in [5, 5.41) is 7.38. The monoisotopic (exact) mass is 198 g/mol. The van der Waals surface area contributed by atoms with E-state index in [1.54, 1.807) is 0 Å². The van der Waals surface area contributed by atoms with Crippen LogP contribution in [0.25, 0.3) is 0 Å². The van der Waals surface area contributed by atoms with Crippen LogP contribution < -0.4 is 5.73 Å². The van der Waals surface area contributed by atoms with Crippen molar-refractivity contribution in [2.24, 2.45) is 11.7 Å². The molecule has 0 aromatic heterocycles. The summed E-state index contributed by atoms with van der Waals surface area (Å²) in [5.41, 5.74) is 5.49. The molecule has 0 aliphatic heterocycles. The minimum atomic E-state index is 0.334. The second kappa shape index (κ2) is 9.04. The Hall–Kier alpha value is -0.530. The molecule has 0 aromatic carbocycles. The summed E-state index contributed by atoms with van der Waals surface area (Å²) in [5.74, 6) is 0.710. The Morgan fingerprint density at radius 1 is 1.07 bits per heavy atom. The van der Waals surface area contributed by atoms with Gasteiger partial charge in [0.2, 0.25) is 0 Å². The van der Waals surface area contributed by atoms with Gasteiger partial charge in [0, 0.05) is 5.92 Å². The van der Waals surface area contributed by atoms with E-state index in [0.29, 0.717) is 11.8 Å². The summed E-state index contributed by atoms with van der Waals surface area (Å²) in [4.78, 5) is 0. The standard InChI is InChI=1S/C12H26N2/c1-3-5-6-7-8-9-10-11(4-2)12(13)14/h11H,3-10H2,1-2H3,(H3,13,14). The molecule has 0 aromatic rings. The third-order valence-corrected chi connectivity index (χ3v) is 2.84. The highest BCUT2D eigenvalue weighted by molar-refractivity contribution is 5.79. The highest BCUT2D eigenvalue weighted by atomic mass is 14.7. The van der Waals surface area contributed by atoms with Crippen LogP contribution in [0.1, 0.15) is 65.2 Å². The summed E-state index contributed by atoms with van der Waals surface area (Å²) in [6.07, 6.45) is 10.1. The minimum Gasteiger partial charge on any atom is -0.387 e.